The molecule has 1 aliphatic rings. The number of allylic oxidation sites excluding steroid dienone is 1. The van der Waals surface area contributed by atoms with Crippen LogP contribution in [0.1, 0.15) is 50.4 Å². The van der Waals surface area contributed by atoms with E-state index in [4.69, 9.17) is 18.9 Å². The first-order valence-corrected chi connectivity index (χ1v) is 15.8. The molecule has 0 fully saturated rings. The summed E-state index contributed by atoms with van der Waals surface area (Å²) in [5.41, 5.74) is 3.08. The van der Waals surface area contributed by atoms with Gasteiger partial charge in [-0.15, -0.1) is 0 Å². The monoisotopic (exact) mass is 676 g/mol. The van der Waals surface area contributed by atoms with Crippen molar-refractivity contribution >= 4 is 39.3 Å². The van der Waals surface area contributed by atoms with Crippen molar-refractivity contribution in [3.8, 4) is 17.2 Å². The number of hydrogen-bond donors (Lipinski definition) is 0. The zero-order chi connectivity index (χ0) is 31.4. The van der Waals surface area contributed by atoms with E-state index < -0.39 is 12.0 Å². The average molecular weight is 678 g/mol. The van der Waals surface area contributed by atoms with Crippen molar-refractivity contribution in [2.24, 2.45) is 4.99 Å². The van der Waals surface area contributed by atoms with Crippen molar-refractivity contribution in [1.29, 1.82) is 0 Å². The van der Waals surface area contributed by atoms with E-state index in [1.807, 2.05) is 80.6 Å². The Morgan fingerprint density at radius 1 is 1.11 bits per heavy atom. The highest BCUT2D eigenvalue weighted by molar-refractivity contribution is 9.10. The van der Waals surface area contributed by atoms with Gasteiger partial charge >= 0.3 is 5.97 Å². The number of halogens is 1. The Kier molecular flexibility index (Phi) is 9.71. The van der Waals surface area contributed by atoms with Crippen LogP contribution in [0, 0.1) is 0 Å². The van der Waals surface area contributed by atoms with Crippen LogP contribution in [0.2, 0.25) is 0 Å². The molecule has 10 heteroatoms. The number of benzene rings is 3. The maximum absolute atomic E-state index is 14.0. The van der Waals surface area contributed by atoms with Gasteiger partial charge in [0.05, 0.1) is 46.1 Å². The number of methoxy groups -OCH3 is 1. The van der Waals surface area contributed by atoms with Gasteiger partial charge in [-0.3, -0.25) is 9.36 Å². The summed E-state index contributed by atoms with van der Waals surface area (Å²) in [4.78, 5) is 32.4. The SMILES string of the molecule is CCOC(=O)C1=C(C)N=c2s/c(=C\c3cc(Br)c(OCc4ccccc4)c(OC)c3)c(=O)n2[C@H]1c1ccc(OC(C)C)cc1. The summed E-state index contributed by atoms with van der Waals surface area (Å²) in [5, 5.41) is 0. The summed E-state index contributed by atoms with van der Waals surface area (Å²) < 4.78 is 25.7. The Labute approximate surface area is 268 Å². The molecule has 4 aromatic rings. The van der Waals surface area contributed by atoms with Crippen LogP contribution in [0.4, 0.5) is 0 Å². The summed E-state index contributed by atoms with van der Waals surface area (Å²) in [6.07, 6.45) is 1.80. The molecule has 2 heterocycles. The molecule has 0 amide bonds. The van der Waals surface area contributed by atoms with E-state index in [1.165, 1.54) is 11.3 Å². The highest BCUT2D eigenvalue weighted by Crippen LogP contribution is 2.37. The third-order valence-electron chi connectivity index (χ3n) is 6.86. The molecule has 44 heavy (non-hydrogen) atoms. The number of aromatic nitrogens is 1. The second-order valence-corrected chi connectivity index (χ2v) is 12.2. The van der Waals surface area contributed by atoms with Crippen LogP contribution in [0.25, 0.3) is 6.08 Å². The van der Waals surface area contributed by atoms with Gasteiger partial charge < -0.3 is 18.9 Å². The Morgan fingerprint density at radius 2 is 1.84 bits per heavy atom. The van der Waals surface area contributed by atoms with Crippen LogP contribution in [0.3, 0.4) is 0 Å². The molecule has 0 saturated carbocycles. The van der Waals surface area contributed by atoms with Crippen LogP contribution < -0.4 is 29.1 Å². The minimum absolute atomic E-state index is 0.0129. The highest BCUT2D eigenvalue weighted by atomic mass is 79.9. The summed E-state index contributed by atoms with van der Waals surface area (Å²) in [7, 11) is 1.58. The zero-order valence-electron chi connectivity index (χ0n) is 25.1. The predicted octanol–water partition coefficient (Wildman–Crippen LogP) is 5.94. The first-order chi connectivity index (χ1) is 21.2. The van der Waals surface area contributed by atoms with Crippen molar-refractivity contribution in [2.45, 2.75) is 46.4 Å². The lowest BCUT2D eigenvalue weighted by Gasteiger charge is -2.25. The molecule has 0 saturated heterocycles. The van der Waals surface area contributed by atoms with Gasteiger partial charge in [0.2, 0.25) is 0 Å². The standard InChI is InChI=1S/C34H33BrN2O6S/c1-6-41-33(39)29-21(4)36-34-37(30(29)24-12-14-25(15-13-24)43-20(2)3)32(38)28(44-34)18-23-16-26(35)31(27(17-23)40-5)42-19-22-10-8-7-9-11-22/h7-18,20,30H,6,19H2,1-5H3/b28-18-/t30-/m0/s1. The van der Waals surface area contributed by atoms with E-state index in [2.05, 4.69) is 20.9 Å². The van der Waals surface area contributed by atoms with Gasteiger partial charge in [0.1, 0.15) is 12.4 Å². The Morgan fingerprint density at radius 3 is 2.50 bits per heavy atom. The quantitative estimate of drug-likeness (QED) is 0.193. The molecular weight excluding hydrogens is 644 g/mol. The number of thiazole rings is 1. The fourth-order valence-corrected chi connectivity index (χ4v) is 6.57. The predicted molar refractivity (Wildman–Crippen MR) is 174 cm³/mol. The highest BCUT2D eigenvalue weighted by Gasteiger charge is 2.33. The van der Waals surface area contributed by atoms with Crippen molar-refractivity contribution in [2.75, 3.05) is 13.7 Å². The first-order valence-electron chi connectivity index (χ1n) is 14.2. The third kappa shape index (κ3) is 6.66. The number of carbonyl (C=O) groups is 1. The van der Waals surface area contributed by atoms with Gasteiger partial charge in [-0.25, -0.2) is 9.79 Å². The van der Waals surface area contributed by atoms with Gasteiger partial charge in [0, 0.05) is 0 Å². The van der Waals surface area contributed by atoms with Gasteiger partial charge in [0.25, 0.3) is 5.56 Å². The topological polar surface area (TPSA) is 88.4 Å². The van der Waals surface area contributed by atoms with Crippen LogP contribution in [0.5, 0.6) is 17.2 Å². The smallest absolute Gasteiger partial charge is 0.338 e. The minimum Gasteiger partial charge on any atom is -0.493 e. The number of carbonyl (C=O) groups excluding carboxylic acids is 1. The lowest BCUT2D eigenvalue weighted by molar-refractivity contribution is -0.139. The van der Waals surface area contributed by atoms with Crippen molar-refractivity contribution in [3.63, 3.8) is 0 Å². The van der Waals surface area contributed by atoms with Crippen molar-refractivity contribution in [1.82, 2.24) is 4.57 Å². The second kappa shape index (κ2) is 13.7. The van der Waals surface area contributed by atoms with Gasteiger partial charge in [-0.1, -0.05) is 53.8 Å². The molecule has 3 aromatic carbocycles. The van der Waals surface area contributed by atoms with Gasteiger partial charge in [-0.2, -0.15) is 0 Å². The normalized spacial score (nSPS) is 14.7. The molecule has 0 spiro atoms. The van der Waals surface area contributed by atoms with E-state index in [0.717, 1.165) is 16.7 Å². The van der Waals surface area contributed by atoms with Crippen molar-refractivity contribution < 1.29 is 23.7 Å². The lowest BCUT2D eigenvalue weighted by atomic mass is 9.96. The number of esters is 1. The lowest BCUT2D eigenvalue weighted by Crippen LogP contribution is -2.39. The summed E-state index contributed by atoms with van der Waals surface area (Å²) in [6, 6.07) is 20.3. The molecule has 1 atom stereocenters. The first kappa shape index (κ1) is 31.3. The van der Waals surface area contributed by atoms with Gasteiger partial charge in [0.15, 0.2) is 16.3 Å². The molecule has 1 aliphatic heterocycles. The van der Waals surface area contributed by atoms with E-state index in [9.17, 15) is 9.59 Å². The molecule has 0 N–H and O–H groups in total. The summed E-state index contributed by atoms with van der Waals surface area (Å²) >= 11 is 4.88. The molecular formula is C34H33BrN2O6S. The number of ether oxygens (including phenoxy) is 4. The molecule has 228 valence electrons. The van der Waals surface area contributed by atoms with E-state index in [-0.39, 0.29) is 18.3 Å². The fourth-order valence-electron chi connectivity index (χ4n) is 4.95. The molecule has 0 bridgehead atoms. The van der Waals surface area contributed by atoms with Crippen LogP contribution in [-0.4, -0.2) is 30.4 Å². The minimum atomic E-state index is -0.712. The van der Waals surface area contributed by atoms with E-state index in [0.29, 0.717) is 48.9 Å². The molecule has 1 aromatic heterocycles. The molecule has 8 nitrogen and oxygen atoms in total. The number of rotatable bonds is 10. The zero-order valence-corrected chi connectivity index (χ0v) is 27.5. The Bertz CT molecular complexity index is 1880. The summed E-state index contributed by atoms with van der Waals surface area (Å²) in [5.74, 6) is 1.28. The van der Waals surface area contributed by atoms with Crippen LogP contribution >= 0.6 is 27.3 Å². The average Bonchev–Trinajstić information content (AvgIpc) is 3.30. The molecule has 0 unspecified atom stereocenters. The summed E-state index contributed by atoms with van der Waals surface area (Å²) in [6.45, 7) is 8.01. The fraction of sp³-hybridized carbons (Fsp3) is 0.265. The number of hydrogen-bond acceptors (Lipinski definition) is 8. The van der Waals surface area contributed by atoms with Crippen LogP contribution in [-0.2, 0) is 16.1 Å². The largest absolute Gasteiger partial charge is 0.493 e. The number of nitrogens with zero attached hydrogens (tertiary/aromatic N) is 2. The van der Waals surface area contributed by atoms with Crippen LogP contribution in [0.15, 0.2) is 92.3 Å². The molecule has 5 rings (SSSR count). The maximum Gasteiger partial charge on any atom is 0.338 e. The molecule has 0 aliphatic carbocycles. The Balaban J connectivity index is 1.57. The number of fused-ring (bicyclic) bond motifs is 1. The Hall–Kier alpha value is -4.15. The maximum atomic E-state index is 14.0. The molecule has 0 radical (unpaired) electrons. The van der Waals surface area contributed by atoms with E-state index in [1.54, 1.807) is 31.6 Å². The third-order valence-corrected chi connectivity index (χ3v) is 8.43. The second-order valence-electron chi connectivity index (χ2n) is 10.3. The van der Waals surface area contributed by atoms with Gasteiger partial charge in [-0.05, 0) is 90.7 Å². The van der Waals surface area contributed by atoms with Crippen molar-refractivity contribution in [3.05, 3.63) is 119 Å². The van der Waals surface area contributed by atoms with E-state index >= 15 is 0 Å².